The third-order valence-electron chi connectivity index (χ3n) is 4.54. The van der Waals surface area contributed by atoms with Gasteiger partial charge >= 0.3 is 0 Å². The van der Waals surface area contributed by atoms with Crippen LogP contribution in [0.5, 0.6) is 0 Å². The Bertz CT molecular complexity index is 217. The lowest BCUT2D eigenvalue weighted by Crippen LogP contribution is -2.53. The summed E-state index contributed by atoms with van der Waals surface area (Å²) in [5.41, 5.74) is 0. The van der Waals surface area contributed by atoms with E-state index in [1.165, 1.54) is 38.8 Å². The number of hydrogen-bond acceptors (Lipinski definition) is 2. The van der Waals surface area contributed by atoms with Crippen LogP contribution in [0.3, 0.4) is 0 Å². The molecule has 1 aliphatic rings. The SMILES string of the molecule is CCCNCC(CCC)N1CC(C)CC(C)C1C. The van der Waals surface area contributed by atoms with Crippen molar-refractivity contribution < 1.29 is 0 Å². The lowest BCUT2D eigenvalue weighted by molar-refractivity contribution is 0.0365. The van der Waals surface area contributed by atoms with E-state index in [9.17, 15) is 0 Å². The standard InChI is InChI=1S/C16H34N2/c1-6-8-16(11-17-9-7-2)18-12-13(3)10-14(4)15(18)5/h13-17H,6-12H2,1-5H3. The van der Waals surface area contributed by atoms with Gasteiger partial charge in [-0.05, 0) is 44.6 Å². The van der Waals surface area contributed by atoms with Crippen LogP contribution in [0.15, 0.2) is 0 Å². The zero-order valence-corrected chi connectivity index (χ0v) is 13.2. The second-order valence-corrected chi connectivity index (χ2v) is 6.40. The van der Waals surface area contributed by atoms with Crippen LogP contribution in [0.4, 0.5) is 0 Å². The Kier molecular flexibility index (Phi) is 7.25. The molecule has 0 bridgehead atoms. The number of piperidine rings is 1. The summed E-state index contributed by atoms with van der Waals surface area (Å²) in [6, 6.07) is 1.49. The molecular formula is C16H34N2. The normalized spacial score (nSPS) is 31.5. The van der Waals surface area contributed by atoms with Crippen LogP contribution in [0.1, 0.15) is 60.3 Å². The van der Waals surface area contributed by atoms with Gasteiger partial charge in [0.15, 0.2) is 0 Å². The van der Waals surface area contributed by atoms with Gasteiger partial charge in [0.2, 0.25) is 0 Å². The molecule has 0 spiro atoms. The first-order valence-corrected chi connectivity index (χ1v) is 8.06. The highest BCUT2D eigenvalue weighted by Crippen LogP contribution is 2.29. The van der Waals surface area contributed by atoms with Crippen molar-refractivity contribution in [2.45, 2.75) is 72.4 Å². The predicted octanol–water partition coefficient (Wildman–Crippen LogP) is 3.52. The molecule has 1 aliphatic heterocycles. The van der Waals surface area contributed by atoms with E-state index in [0.29, 0.717) is 0 Å². The number of nitrogens with zero attached hydrogens (tertiary/aromatic N) is 1. The first-order valence-electron chi connectivity index (χ1n) is 8.06. The van der Waals surface area contributed by atoms with Crippen molar-refractivity contribution in [2.75, 3.05) is 19.6 Å². The van der Waals surface area contributed by atoms with E-state index < -0.39 is 0 Å². The van der Waals surface area contributed by atoms with Gasteiger partial charge in [-0.15, -0.1) is 0 Å². The maximum absolute atomic E-state index is 3.63. The van der Waals surface area contributed by atoms with Crippen molar-refractivity contribution in [3.05, 3.63) is 0 Å². The fraction of sp³-hybridized carbons (Fsp3) is 1.00. The van der Waals surface area contributed by atoms with Crippen molar-refractivity contribution in [1.82, 2.24) is 10.2 Å². The second kappa shape index (κ2) is 8.16. The summed E-state index contributed by atoms with van der Waals surface area (Å²) in [6.45, 7) is 15.5. The van der Waals surface area contributed by atoms with E-state index in [1.807, 2.05) is 0 Å². The highest BCUT2D eigenvalue weighted by Gasteiger charge is 2.32. The lowest BCUT2D eigenvalue weighted by Gasteiger charge is -2.45. The zero-order valence-electron chi connectivity index (χ0n) is 13.2. The largest absolute Gasteiger partial charge is 0.315 e. The van der Waals surface area contributed by atoms with E-state index in [4.69, 9.17) is 0 Å². The summed E-state index contributed by atoms with van der Waals surface area (Å²) in [7, 11) is 0. The van der Waals surface area contributed by atoms with Crippen molar-refractivity contribution in [2.24, 2.45) is 11.8 Å². The van der Waals surface area contributed by atoms with Gasteiger partial charge in [0, 0.05) is 25.2 Å². The van der Waals surface area contributed by atoms with Crippen LogP contribution < -0.4 is 5.32 Å². The molecule has 18 heavy (non-hydrogen) atoms. The molecule has 4 atom stereocenters. The maximum Gasteiger partial charge on any atom is 0.0223 e. The van der Waals surface area contributed by atoms with Crippen LogP contribution in [0.25, 0.3) is 0 Å². The van der Waals surface area contributed by atoms with Crippen LogP contribution in [-0.2, 0) is 0 Å². The van der Waals surface area contributed by atoms with Gasteiger partial charge in [0.25, 0.3) is 0 Å². The average Bonchev–Trinajstić information content (AvgIpc) is 2.33. The molecule has 0 radical (unpaired) electrons. The predicted molar refractivity (Wildman–Crippen MR) is 81.0 cm³/mol. The quantitative estimate of drug-likeness (QED) is 0.699. The van der Waals surface area contributed by atoms with Crippen LogP contribution in [-0.4, -0.2) is 36.6 Å². The van der Waals surface area contributed by atoms with Gasteiger partial charge in [-0.1, -0.05) is 34.1 Å². The molecule has 2 heteroatoms. The van der Waals surface area contributed by atoms with E-state index in [1.54, 1.807) is 0 Å². The fourth-order valence-electron chi connectivity index (χ4n) is 3.40. The minimum absolute atomic E-state index is 0.738. The van der Waals surface area contributed by atoms with Crippen molar-refractivity contribution >= 4 is 0 Å². The molecule has 0 aromatic rings. The first-order chi connectivity index (χ1) is 8.60. The van der Waals surface area contributed by atoms with Crippen molar-refractivity contribution in [3.8, 4) is 0 Å². The molecule has 0 aliphatic carbocycles. The monoisotopic (exact) mass is 254 g/mol. The Morgan fingerprint density at radius 2 is 1.89 bits per heavy atom. The summed E-state index contributed by atoms with van der Waals surface area (Å²) in [6.07, 6.45) is 5.27. The van der Waals surface area contributed by atoms with Gasteiger partial charge in [-0.3, -0.25) is 4.90 Å². The summed E-state index contributed by atoms with van der Waals surface area (Å²) in [5.74, 6) is 1.71. The minimum Gasteiger partial charge on any atom is -0.315 e. The summed E-state index contributed by atoms with van der Waals surface area (Å²) < 4.78 is 0. The van der Waals surface area contributed by atoms with Crippen LogP contribution >= 0.6 is 0 Å². The molecule has 2 nitrogen and oxygen atoms in total. The molecule has 1 N–H and O–H groups in total. The third-order valence-corrected chi connectivity index (χ3v) is 4.54. The lowest BCUT2D eigenvalue weighted by atomic mass is 9.84. The molecule has 1 rings (SSSR count). The summed E-state index contributed by atoms with van der Waals surface area (Å²) in [4.78, 5) is 2.78. The molecule has 1 fully saturated rings. The molecule has 1 heterocycles. The summed E-state index contributed by atoms with van der Waals surface area (Å²) in [5, 5.41) is 3.63. The zero-order chi connectivity index (χ0) is 13.5. The van der Waals surface area contributed by atoms with Gasteiger partial charge in [-0.25, -0.2) is 0 Å². The number of hydrogen-bond donors (Lipinski definition) is 1. The highest BCUT2D eigenvalue weighted by molar-refractivity contribution is 4.87. The molecule has 0 aromatic carbocycles. The molecular weight excluding hydrogens is 220 g/mol. The Morgan fingerprint density at radius 1 is 1.17 bits per heavy atom. The minimum atomic E-state index is 0.738. The number of nitrogens with one attached hydrogen (secondary N) is 1. The van der Waals surface area contributed by atoms with Gasteiger partial charge < -0.3 is 5.32 Å². The Labute approximate surface area is 115 Å². The number of likely N-dealkylation sites (tertiary alicyclic amines) is 1. The molecule has 4 unspecified atom stereocenters. The van der Waals surface area contributed by atoms with Crippen LogP contribution in [0.2, 0.25) is 0 Å². The summed E-state index contributed by atoms with van der Waals surface area (Å²) >= 11 is 0. The van der Waals surface area contributed by atoms with Gasteiger partial charge in [0.05, 0.1) is 0 Å². The van der Waals surface area contributed by atoms with E-state index >= 15 is 0 Å². The fourth-order valence-corrected chi connectivity index (χ4v) is 3.40. The molecule has 1 saturated heterocycles. The second-order valence-electron chi connectivity index (χ2n) is 6.40. The Hall–Kier alpha value is -0.0800. The molecule has 0 saturated carbocycles. The Balaban J connectivity index is 2.58. The van der Waals surface area contributed by atoms with E-state index in [-0.39, 0.29) is 0 Å². The molecule has 108 valence electrons. The van der Waals surface area contributed by atoms with Gasteiger partial charge in [-0.2, -0.15) is 0 Å². The van der Waals surface area contributed by atoms with Crippen molar-refractivity contribution in [1.29, 1.82) is 0 Å². The van der Waals surface area contributed by atoms with E-state index in [0.717, 1.165) is 30.5 Å². The molecule has 0 amide bonds. The van der Waals surface area contributed by atoms with Crippen molar-refractivity contribution in [3.63, 3.8) is 0 Å². The average molecular weight is 254 g/mol. The smallest absolute Gasteiger partial charge is 0.0223 e. The Morgan fingerprint density at radius 3 is 2.50 bits per heavy atom. The van der Waals surface area contributed by atoms with Gasteiger partial charge in [0.1, 0.15) is 0 Å². The highest BCUT2D eigenvalue weighted by atomic mass is 15.2. The van der Waals surface area contributed by atoms with Crippen LogP contribution in [0, 0.1) is 11.8 Å². The third kappa shape index (κ3) is 4.55. The topological polar surface area (TPSA) is 15.3 Å². The van der Waals surface area contributed by atoms with E-state index in [2.05, 4.69) is 44.8 Å². The maximum atomic E-state index is 3.63. The molecule has 0 aromatic heterocycles. The number of rotatable bonds is 7. The first kappa shape index (κ1) is 16.0.